The Hall–Kier alpha value is -4.56. The van der Waals surface area contributed by atoms with E-state index in [4.69, 9.17) is 29.8 Å². The third kappa shape index (κ3) is 8.54. The van der Waals surface area contributed by atoms with Gasteiger partial charge in [0.05, 0.1) is 31.3 Å². The molecule has 49 heavy (non-hydrogen) atoms. The van der Waals surface area contributed by atoms with E-state index in [9.17, 15) is 25.2 Å². The Bertz CT molecular complexity index is 1620. The van der Waals surface area contributed by atoms with E-state index < -0.39 is 42.8 Å². The molecule has 0 saturated carbocycles. The number of aliphatic carboxylic acids is 1. The fraction of sp³-hybridized carbons (Fsp3) is 0.444. The number of methoxy groups -OCH3 is 1. The van der Waals surface area contributed by atoms with Crippen molar-refractivity contribution in [3.63, 3.8) is 0 Å². The fourth-order valence-corrected chi connectivity index (χ4v) is 6.89. The molecule has 2 heterocycles. The van der Waals surface area contributed by atoms with Crippen LogP contribution in [0.25, 0.3) is 0 Å². The van der Waals surface area contributed by atoms with Gasteiger partial charge in [0.2, 0.25) is 5.75 Å². The van der Waals surface area contributed by atoms with Crippen molar-refractivity contribution in [3.8, 4) is 28.7 Å². The van der Waals surface area contributed by atoms with Crippen LogP contribution in [0.3, 0.4) is 0 Å². The van der Waals surface area contributed by atoms with Crippen LogP contribution < -0.4 is 25.3 Å². The number of nitrogens with zero attached hydrogens (tertiary/aromatic N) is 1. The molecule has 0 spiro atoms. The molecule has 7 atom stereocenters. The maximum Gasteiger partial charge on any atom is 0.310 e. The summed E-state index contributed by atoms with van der Waals surface area (Å²) in [4.78, 5) is 16.4. The zero-order valence-corrected chi connectivity index (χ0v) is 27.6. The summed E-state index contributed by atoms with van der Waals surface area (Å²) in [5.74, 6) is -1.88. The van der Waals surface area contributed by atoms with Crippen LogP contribution in [0.5, 0.6) is 28.7 Å². The number of rotatable bonds is 15. The van der Waals surface area contributed by atoms with E-state index in [1.165, 1.54) is 13.2 Å². The zero-order valence-electron chi connectivity index (χ0n) is 27.6. The number of anilines is 1. The average Bonchev–Trinajstić information content (AvgIpc) is 3.53. The first-order valence-electron chi connectivity index (χ1n) is 16.4. The number of carboxylic acids is 1. The van der Waals surface area contributed by atoms with Gasteiger partial charge in [0.1, 0.15) is 12.4 Å². The minimum Gasteiger partial charge on any atom is -0.504 e. The molecular formula is C36H45N3O10. The summed E-state index contributed by atoms with van der Waals surface area (Å²) in [5.41, 5.74) is 8.32. The number of nitrogen functional groups attached to an aromatic ring is 1. The Kier molecular flexibility index (Phi) is 11.8. The van der Waals surface area contributed by atoms with Crippen LogP contribution in [0, 0.1) is 11.8 Å². The quantitative estimate of drug-likeness (QED) is 0.0906. The highest BCUT2D eigenvalue weighted by Gasteiger charge is 2.42. The number of hydrogen-bond acceptors (Lipinski definition) is 12. The number of aromatic nitrogens is 1. The van der Waals surface area contributed by atoms with Crippen LogP contribution in [0.1, 0.15) is 54.9 Å². The molecule has 8 N–H and O–H groups in total. The number of aliphatic hydroxyl groups is 2. The van der Waals surface area contributed by atoms with E-state index in [0.29, 0.717) is 43.6 Å². The third-order valence-electron chi connectivity index (χ3n) is 9.21. The molecule has 1 aliphatic carbocycles. The lowest BCUT2D eigenvalue weighted by atomic mass is 9.79. The number of phenolic OH excluding ortho intramolecular Hbond substituents is 2. The number of hydrogen-bond donors (Lipinski definition) is 7. The topological polar surface area (TPSA) is 206 Å². The number of aliphatic hydroxyl groups excluding tert-OH is 2. The predicted octanol–water partition coefficient (Wildman–Crippen LogP) is 3.65. The Labute approximate surface area is 284 Å². The van der Waals surface area contributed by atoms with Gasteiger partial charge in [-0.3, -0.25) is 4.79 Å². The Morgan fingerprint density at radius 2 is 1.86 bits per heavy atom. The second kappa shape index (κ2) is 16.2. The summed E-state index contributed by atoms with van der Waals surface area (Å²) in [5, 5.41) is 54.5. The van der Waals surface area contributed by atoms with Gasteiger partial charge in [-0.05, 0) is 78.9 Å². The molecule has 13 nitrogen and oxygen atoms in total. The Morgan fingerprint density at radius 1 is 1.06 bits per heavy atom. The van der Waals surface area contributed by atoms with Crippen LogP contribution in [-0.4, -0.2) is 81.8 Å². The lowest BCUT2D eigenvalue weighted by Crippen LogP contribution is -2.46. The van der Waals surface area contributed by atoms with Crippen molar-refractivity contribution in [2.45, 2.75) is 62.9 Å². The molecule has 1 aliphatic heterocycles. The molecule has 0 bridgehead atoms. The number of nitrogens with two attached hydrogens (primary N) is 1. The number of aromatic hydroxyl groups is 2. The summed E-state index contributed by atoms with van der Waals surface area (Å²) in [6, 6.07) is 11.4. The second-order valence-corrected chi connectivity index (χ2v) is 12.4. The highest BCUT2D eigenvalue weighted by molar-refractivity contribution is 5.74. The predicted molar refractivity (Wildman–Crippen MR) is 180 cm³/mol. The van der Waals surface area contributed by atoms with Crippen LogP contribution in [-0.2, 0) is 16.0 Å². The van der Waals surface area contributed by atoms with Gasteiger partial charge in [0, 0.05) is 30.5 Å². The molecule has 264 valence electrons. The number of likely N-dealkylation sites (N-methyl/N-ethyl adjacent to an activating group) is 1. The fourth-order valence-electron chi connectivity index (χ4n) is 6.89. The normalized spacial score (nSPS) is 24.0. The van der Waals surface area contributed by atoms with E-state index >= 15 is 0 Å². The monoisotopic (exact) mass is 679 g/mol. The summed E-state index contributed by atoms with van der Waals surface area (Å²) in [7, 11) is 1.43. The van der Waals surface area contributed by atoms with Crippen molar-refractivity contribution in [1.82, 2.24) is 10.3 Å². The summed E-state index contributed by atoms with van der Waals surface area (Å²) >= 11 is 0. The molecule has 2 aliphatic rings. The molecular weight excluding hydrogens is 634 g/mol. The second-order valence-electron chi connectivity index (χ2n) is 12.4. The lowest BCUT2D eigenvalue weighted by Gasteiger charge is -2.34. The van der Waals surface area contributed by atoms with E-state index in [2.05, 4.69) is 10.3 Å². The van der Waals surface area contributed by atoms with Crippen molar-refractivity contribution in [3.05, 3.63) is 77.5 Å². The molecule has 1 aromatic heterocycles. The minimum atomic E-state index is -0.952. The Balaban J connectivity index is 1.34. The van der Waals surface area contributed by atoms with Crippen molar-refractivity contribution in [1.29, 1.82) is 0 Å². The maximum absolute atomic E-state index is 12.4. The summed E-state index contributed by atoms with van der Waals surface area (Å²) in [6.07, 6.45) is 5.63. The number of carboxylic acid groups (broad SMARTS) is 1. The molecule has 13 heteroatoms. The zero-order chi connectivity index (χ0) is 35.1. The first-order valence-corrected chi connectivity index (χ1v) is 16.4. The van der Waals surface area contributed by atoms with Gasteiger partial charge in [-0.25, -0.2) is 4.98 Å². The molecule has 0 radical (unpaired) electrons. The summed E-state index contributed by atoms with van der Waals surface area (Å²) < 4.78 is 23.3. The smallest absolute Gasteiger partial charge is 0.310 e. The number of pyridine rings is 1. The minimum absolute atomic E-state index is 0.0343. The van der Waals surface area contributed by atoms with Gasteiger partial charge < -0.3 is 55.5 Å². The molecule has 5 rings (SSSR count). The standard InChI is InChI=1S/C36H45N3O10/c1-3-38-27(34-25(7-8-26(34)36(44)45)21-10-11-39-33(37)15-21)18-47-32-14-22(13-31(46-2)35(32)43)29-17-23(41)16-24(49-29)6-4-20-5-9-28(42)30(12-20)48-19-40/h5,7-15,23-27,29,34,38,40-43H,3-4,6,16-19H2,1-2H3,(H2,37,39)(H,44,45). The van der Waals surface area contributed by atoms with Gasteiger partial charge in [0.25, 0.3) is 0 Å². The van der Waals surface area contributed by atoms with Crippen molar-refractivity contribution >= 4 is 11.8 Å². The molecule has 1 saturated heterocycles. The first-order chi connectivity index (χ1) is 23.6. The number of phenols is 2. The van der Waals surface area contributed by atoms with Gasteiger partial charge in [-0.2, -0.15) is 0 Å². The molecule has 3 aromatic rings. The summed E-state index contributed by atoms with van der Waals surface area (Å²) in [6.45, 7) is 1.95. The van der Waals surface area contributed by atoms with E-state index in [-0.39, 0.29) is 47.4 Å². The highest BCUT2D eigenvalue weighted by atomic mass is 16.6. The SMILES string of the molecule is CCNC(COc1cc(C2CC(O)CC(CCc3ccc(O)c(OCO)c3)O2)cc(OC)c1O)C1C(C(=O)O)C=CC1c1ccnc(N)c1. The maximum atomic E-state index is 12.4. The molecule has 1 fully saturated rings. The number of aryl methyl sites for hydroxylation is 1. The van der Waals surface area contributed by atoms with Crippen molar-refractivity contribution < 1.29 is 49.3 Å². The van der Waals surface area contributed by atoms with E-state index in [1.54, 1.807) is 42.6 Å². The average molecular weight is 680 g/mol. The third-order valence-corrected chi connectivity index (χ3v) is 9.21. The van der Waals surface area contributed by atoms with Crippen LogP contribution >= 0.6 is 0 Å². The van der Waals surface area contributed by atoms with E-state index in [0.717, 1.165) is 11.1 Å². The van der Waals surface area contributed by atoms with Gasteiger partial charge in [-0.15, -0.1) is 0 Å². The lowest BCUT2D eigenvalue weighted by molar-refractivity contribution is -0.142. The van der Waals surface area contributed by atoms with Gasteiger partial charge in [0.15, 0.2) is 29.8 Å². The number of carbonyl (C=O) groups is 1. The molecule has 2 aromatic carbocycles. The Morgan fingerprint density at radius 3 is 2.57 bits per heavy atom. The van der Waals surface area contributed by atoms with Crippen LogP contribution in [0.15, 0.2) is 60.8 Å². The number of allylic oxidation sites excluding steroid dienone is 1. The van der Waals surface area contributed by atoms with Gasteiger partial charge in [-0.1, -0.05) is 25.1 Å². The number of ether oxygens (including phenoxy) is 4. The van der Waals surface area contributed by atoms with Crippen LogP contribution in [0.2, 0.25) is 0 Å². The van der Waals surface area contributed by atoms with Crippen molar-refractivity contribution in [2.24, 2.45) is 11.8 Å². The van der Waals surface area contributed by atoms with Crippen LogP contribution in [0.4, 0.5) is 5.82 Å². The van der Waals surface area contributed by atoms with Crippen molar-refractivity contribution in [2.75, 3.05) is 32.8 Å². The van der Waals surface area contributed by atoms with Gasteiger partial charge >= 0.3 is 5.97 Å². The highest BCUT2D eigenvalue weighted by Crippen LogP contribution is 2.44. The van der Waals surface area contributed by atoms with E-state index in [1.807, 2.05) is 19.1 Å². The number of benzene rings is 2. The molecule has 7 unspecified atom stereocenters. The molecule has 0 amide bonds. The number of nitrogens with one attached hydrogen (secondary N) is 1. The largest absolute Gasteiger partial charge is 0.504 e. The first kappa shape index (κ1) is 35.7.